The van der Waals surface area contributed by atoms with Gasteiger partial charge in [0, 0.05) is 29.8 Å². The van der Waals surface area contributed by atoms with Gasteiger partial charge in [-0.15, -0.1) is 0 Å². The number of nitrogens with one attached hydrogen (secondary N) is 1. The molecule has 1 heterocycles. The van der Waals surface area contributed by atoms with Gasteiger partial charge in [-0.05, 0) is 36.2 Å². The zero-order valence-corrected chi connectivity index (χ0v) is 16.7. The summed E-state index contributed by atoms with van der Waals surface area (Å²) in [5.74, 6) is 0.692. The number of fused-ring (bicyclic) bond motifs is 1. The summed E-state index contributed by atoms with van der Waals surface area (Å²) in [4.78, 5) is 19.2. The minimum Gasteiger partial charge on any atom is -0.497 e. The van der Waals surface area contributed by atoms with Gasteiger partial charge in [-0.1, -0.05) is 44.2 Å². The van der Waals surface area contributed by atoms with Crippen LogP contribution in [-0.4, -0.2) is 42.5 Å². The van der Waals surface area contributed by atoms with Gasteiger partial charge in [0.25, 0.3) is 0 Å². The first-order valence-corrected chi connectivity index (χ1v) is 9.66. The second kappa shape index (κ2) is 9.33. The topological polar surface area (TPSA) is 54.5 Å². The van der Waals surface area contributed by atoms with Crippen LogP contribution >= 0.6 is 0 Å². The van der Waals surface area contributed by atoms with E-state index in [-0.39, 0.29) is 5.91 Å². The van der Waals surface area contributed by atoms with Crippen molar-refractivity contribution in [3.8, 4) is 5.75 Å². The molecule has 2 aromatic carbocycles. The smallest absolute Gasteiger partial charge is 0.238 e. The zero-order chi connectivity index (χ0) is 19.9. The molecule has 1 N–H and O–H groups in total. The van der Waals surface area contributed by atoms with Gasteiger partial charge in [0.15, 0.2) is 0 Å². The molecule has 0 bridgehead atoms. The van der Waals surface area contributed by atoms with Crippen molar-refractivity contribution >= 4 is 22.4 Å². The highest BCUT2D eigenvalue weighted by Crippen LogP contribution is 2.27. The first-order chi connectivity index (χ1) is 13.6. The molecule has 0 fully saturated rings. The quantitative estimate of drug-likeness (QED) is 0.642. The predicted octanol–water partition coefficient (Wildman–Crippen LogP) is 4.11. The van der Waals surface area contributed by atoms with Crippen molar-refractivity contribution in [1.82, 2.24) is 9.88 Å². The molecule has 5 heteroatoms. The third-order valence-electron chi connectivity index (χ3n) is 4.97. The minimum atomic E-state index is -0.0240. The van der Waals surface area contributed by atoms with Crippen molar-refractivity contribution in [3.05, 3.63) is 66.0 Å². The lowest BCUT2D eigenvalue weighted by atomic mass is 10.0. The highest BCUT2D eigenvalue weighted by Gasteiger charge is 2.13. The number of carbonyl (C=O) groups is 1. The van der Waals surface area contributed by atoms with Gasteiger partial charge >= 0.3 is 0 Å². The number of methoxy groups -OCH3 is 1. The fraction of sp³-hybridized carbons (Fsp3) is 0.304. The Kier molecular flexibility index (Phi) is 6.61. The molecule has 0 radical (unpaired) electrons. The maximum atomic E-state index is 12.5. The zero-order valence-electron chi connectivity index (χ0n) is 16.7. The molecule has 0 aliphatic heterocycles. The Morgan fingerprint density at radius 1 is 1.11 bits per heavy atom. The Morgan fingerprint density at radius 2 is 1.89 bits per heavy atom. The Labute approximate surface area is 166 Å². The summed E-state index contributed by atoms with van der Waals surface area (Å²) in [7, 11) is 1.63. The molecule has 0 aliphatic carbocycles. The molecule has 0 unspecified atom stereocenters. The van der Waals surface area contributed by atoms with Crippen LogP contribution in [0.25, 0.3) is 10.8 Å². The Balaban J connectivity index is 1.89. The van der Waals surface area contributed by atoms with Crippen LogP contribution in [-0.2, 0) is 11.2 Å². The molecule has 0 atom stereocenters. The fourth-order valence-corrected chi connectivity index (χ4v) is 3.30. The standard InChI is InChI=1S/C23H27N3O2/c1-4-26(5-2)16-23(27)25-21-15-19(28-3)11-10-18(21)14-22-20-9-7-6-8-17(20)12-13-24-22/h6-13,15H,4-5,14,16H2,1-3H3,(H,25,27). The van der Waals surface area contributed by atoms with E-state index >= 15 is 0 Å². The lowest BCUT2D eigenvalue weighted by Crippen LogP contribution is -2.33. The maximum Gasteiger partial charge on any atom is 0.238 e. The highest BCUT2D eigenvalue weighted by atomic mass is 16.5. The molecule has 0 aliphatic rings. The van der Waals surface area contributed by atoms with Gasteiger partial charge in [0.05, 0.1) is 19.3 Å². The van der Waals surface area contributed by atoms with Crippen LogP contribution in [0.4, 0.5) is 5.69 Å². The fourth-order valence-electron chi connectivity index (χ4n) is 3.30. The van der Waals surface area contributed by atoms with E-state index in [1.807, 2.05) is 42.6 Å². The van der Waals surface area contributed by atoms with E-state index in [0.717, 1.165) is 40.8 Å². The molecule has 5 nitrogen and oxygen atoms in total. The molecular weight excluding hydrogens is 350 g/mol. The Hall–Kier alpha value is -2.92. The number of nitrogens with zero attached hydrogens (tertiary/aromatic N) is 2. The highest BCUT2D eigenvalue weighted by molar-refractivity contribution is 5.93. The van der Waals surface area contributed by atoms with Crippen molar-refractivity contribution < 1.29 is 9.53 Å². The summed E-state index contributed by atoms with van der Waals surface area (Å²) in [6, 6.07) is 16.0. The van der Waals surface area contributed by atoms with Gasteiger partial charge in [-0.3, -0.25) is 14.7 Å². The summed E-state index contributed by atoms with van der Waals surface area (Å²) in [5, 5.41) is 5.35. The van der Waals surface area contributed by atoms with Gasteiger partial charge in [0.2, 0.25) is 5.91 Å². The molecule has 0 saturated carbocycles. The van der Waals surface area contributed by atoms with E-state index in [4.69, 9.17) is 4.74 Å². The molecule has 0 spiro atoms. The molecule has 0 saturated heterocycles. The van der Waals surface area contributed by atoms with Gasteiger partial charge < -0.3 is 10.1 Å². The SMILES string of the molecule is CCN(CC)CC(=O)Nc1cc(OC)ccc1Cc1nccc2ccccc12. The second-order valence-electron chi connectivity index (χ2n) is 6.69. The number of benzene rings is 2. The van der Waals surface area contributed by atoms with E-state index in [0.29, 0.717) is 18.7 Å². The van der Waals surface area contributed by atoms with E-state index in [1.54, 1.807) is 7.11 Å². The van der Waals surface area contributed by atoms with Crippen LogP contribution < -0.4 is 10.1 Å². The van der Waals surface area contributed by atoms with Crippen LogP contribution in [0.2, 0.25) is 0 Å². The third-order valence-corrected chi connectivity index (χ3v) is 4.97. The number of hydrogen-bond acceptors (Lipinski definition) is 4. The number of ether oxygens (including phenoxy) is 1. The van der Waals surface area contributed by atoms with Crippen LogP contribution in [0.15, 0.2) is 54.7 Å². The van der Waals surface area contributed by atoms with Crippen molar-refractivity contribution in [2.75, 3.05) is 32.1 Å². The molecular formula is C23H27N3O2. The first-order valence-electron chi connectivity index (χ1n) is 9.66. The number of anilines is 1. The van der Waals surface area contributed by atoms with Crippen molar-refractivity contribution in [3.63, 3.8) is 0 Å². The number of aromatic nitrogens is 1. The van der Waals surface area contributed by atoms with Crippen LogP contribution in [0.3, 0.4) is 0 Å². The van der Waals surface area contributed by atoms with Crippen LogP contribution in [0.1, 0.15) is 25.1 Å². The van der Waals surface area contributed by atoms with Gasteiger partial charge in [-0.25, -0.2) is 0 Å². The summed E-state index contributed by atoms with van der Waals surface area (Å²) in [6.45, 7) is 6.17. The van der Waals surface area contributed by atoms with E-state index in [9.17, 15) is 4.79 Å². The van der Waals surface area contributed by atoms with Crippen LogP contribution in [0.5, 0.6) is 5.75 Å². The van der Waals surface area contributed by atoms with E-state index < -0.39 is 0 Å². The maximum absolute atomic E-state index is 12.5. The van der Waals surface area contributed by atoms with Crippen molar-refractivity contribution in [1.29, 1.82) is 0 Å². The molecule has 28 heavy (non-hydrogen) atoms. The summed E-state index contributed by atoms with van der Waals surface area (Å²) in [5.41, 5.74) is 2.77. The first kappa shape index (κ1) is 19.8. The number of carbonyl (C=O) groups excluding carboxylic acids is 1. The van der Waals surface area contributed by atoms with Crippen LogP contribution in [0, 0.1) is 0 Å². The lowest BCUT2D eigenvalue weighted by Gasteiger charge is -2.19. The monoisotopic (exact) mass is 377 g/mol. The molecule has 1 amide bonds. The van der Waals surface area contributed by atoms with E-state index in [2.05, 4.69) is 41.2 Å². The molecule has 1 aromatic heterocycles. The largest absolute Gasteiger partial charge is 0.497 e. The van der Waals surface area contributed by atoms with Crippen molar-refractivity contribution in [2.24, 2.45) is 0 Å². The molecule has 3 aromatic rings. The van der Waals surface area contributed by atoms with Crippen molar-refractivity contribution in [2.45, 2.75) is 20.3 Å². The summed E-state index contributed by atoms with van der Waals surface area (Å²) < 4.78 is 5.36. The second-order valence-corrected chi connectivity index (χ2v) is 6.69. The van der Waals surface area contributed by atoms with Gasteiger partial charge in [0.1, 0.15) is 5.75 Å². The average molecular weight is 377 g/mol. The minimum absolute atomic E-state index is 0.0240. The molecule has 146 valence electrons. The number of amides is 1. The normalized spacial score (nSPS) is 11.0. The molecule has 3 rings (SSSR count). The summed E-state index contributed by atoms with van der Waals surface area (Å²) >= 11 is 0. The number of pyridine rings is 1. The number of rotatable bonds is 8. The Morgan fingerprint density at radius 3 is 2.64 bits per heavy atom. The summed E-state index contributed by atoms with van der Waals surface area (Å²) in [6.07, 6.45) is 2.46. The van der Waals surface area contributed by atoms with E-state index in [1.165, 1.54) is 0 Å². The Bertz CT molecular complexity index is 946. The lowest BCUT2D eigenvalue weighted by molar-refractivity contribution is -0.117. The van der Waals surface area contributed by atoms with Gasteiger partial charge in [-0.2, -0.15) is 0 Å². The average Bonchev–Trinajstić information content (AvgIpc) is 2.73. The number of likely N-dealkylation sites (N-methyl/N-ethyl adjacent to an activating group) is 1. The predicted molar refractivity (Wildman–Crippen MR) is 114 cm³/mol. The third kappa shape index (κ3) is 4.67. The number of hydrogen-bond donors (Lipinski definition) is 1.